The molecule has 1 aromatic carbocycles. The van der Waals surface area contributed by atoms with Crippen LogP contribution in [0.2, 0.25) is 0 Å². The zero-order valence-corrected chi connectivity index (χ0v) is 12.8. The van der Waals surface area contributed by atoms with Crippen molar-refractivity contribution in [1.82, 2.24) is 10.2 Å². The van der Waals surface area contributed by atoms with E-state index >= 15 is 0 Å². The number of nitrogens with zero attached hydrogens (tertiary/aromatic N) is 1. The van der Waals surface area contributed by atoms with E-state index in [-0.39, 0.29) is 30.1 Å². The van der Waals surface area contributed by atoms with E-state index in [9.17, 15) is 19.2 Å². The van der Waals surface area contributed by atoms with Crippen LogP contribution < -0.4 is 10.1 Å². The fraction of sp³-hybridized carbons (Fsp3) is 0.375. The second kappa shape index (κ2) is 5.49. The highest BCUT2D eigenvalue weighted by atomic mass is 16.5. The van der Waals surface area contributed by atoms with E-state index < -0.39 is 29.7 Å². The summed E-state index contributed by atoms with van der Waals surface area (Å²) in [6, 6.07) is 3.83. The minimum atomic E-state index is -0.966. The molecule has 23 heavy (non-hydrogen) atoms. The van der Waals surface area contributed by atoms with Crippen molar-refractivity contribution in [2.45, 2.75) is 38.8 Å². The summed E-state index contributed by atoms with van der Waals surface area (Å²) in [5, 5.41) is 2.17. The van der Waals surface area contributed by atoms with Crippen molar-refractivity contribution in [1.29, 1.82) is 0 Å². The number of fused-ring (bicyclic) bond motifs is 1. The fourth-order valence-electron chi connectivity index (χ4n) is 2.84. The molecule has 2 aliphatic rings. The highest BCUT2D eigenvalue weighted by molar-refractivity contribution is 6.24. The second-order valence-corrected chi connectivity index (χ2v) is 5.79. The molecular weight excluding hydrogens is 300 g/mol. The Bertz CT molecular complexity index is 725. The number of amides is 4. The Morgan fingerprint density at radius 2 is 1.91 bits per heavy atom. The first-order valence-corrected chi connectivity index (χ1v) is 7.41. The van der Waals surface area contributed by atoms with Crippen LogP contribution in [-0.2, 0) is 9.59 Å². The van der Waals surface area contributed by atoms with Crippen LogP contribution in [0.4, 0.5) is 0 Å². The van der Waals surface area contributed by atoms with Crippen molar-refractivity contribution in [3.05, 3.63) is 29.3 Å². The molecule has 1 aromatic rings. The number of benzene rings is 1. The van der Waals surface area contributed by atoms with Crippen LogP contribution >= 0.6 is 0 Å². The van der Waals surface area contributed by atoms with Gasteiger partial charge in [0.25, 0.3) is 11.8 Å². The molecule has 2 aliphatic heterocycles. The average molecular weight is 316 g/mol. The van der Waals surface area contributed by atoms with Gasteiger partial charge in [-0.3, -0.25) is 29.4 Å². The number of carbonyl (C=O) groups excluding carboxylic acids is 4. The predicted molar refractivity (Wildman–Crippen MR) is 78.9 cm³/mol. The van der Waals surface area contributed by atoms with Gasteiger partial charge in [0.05, 0.1) is 17.2 Å². The number of piperidine rings is 1. The van der Waals surface area contributed by atoms with E-state index in [0.29, 0.717) is 5.75 Å². The Kier molecular flexibility index (Phi) is 3.63. The maximum absolute atomic E-state index is 12.7. The third-order valence-electron chi connectivity index (χ3n) is 3.79. The Balaban J connectivity index is 1.98. The van der Waals surface area contributed by atoms with E-state index in [1.165, 1.54) is 6.07 Å². The van der Waals surface area contributed by atoms with Gasteiger partial charge >= 0.3 is 0 Å². The molecule has 0 aromatic heterocycles. The minimum absolute atomic E-state index is 0.0964. The number of nitrogens with one attached hydrogen (secondary N) is 1. The van der Waals surface area contributed by atoms with E-state index in [1.807, 2.05) is 13.8 Å². The van der Waals surface area contributed by atoms with E-state index in [0.717, 1.165) is 4.90 Å². The van der Waals surface area contributed by atoms with E-state index in [1.54, 1.807) is 12.1 Å². The second-order valence-electron chi connectivity index (χ2n) is 5.79. The molecule has 1 atom stereocenters. The Hall–Kier alpha value is -2.70. The van der Waals surface area contributed by atoms with Crippen LogP contribution in [-0.4, -0.2) is 40.7 Å². The first-order valence-electron chi connectivity index (χ1n) is 7.41. The van der Waals surface area contributed by atoms with E-state index in [4.69, 9.17) is 4.74 Å². The number of imide groups is 2. The molecule has 2 heterocycles. The Morgan fingerprint density at radius 3 is 2.57 bits per heavy atom. The normalized spacial score (nSPS) is 20.8. The summed E-state index contributed by atoms with van der Waals surface area (Å²) < 4.78 is 5.60. The number of hydrogen-bond acceptors (Lipinski definition) is 5. The SMILES string of the molecule is CC(C)Oc1cccc2c1C(=O)N([C@@H]1CCC(=O)NC1=O)C2=O. The summed E-state index contributed by atoms with van der Waals surface area (Å²) in [6.45, 7) is 3.64. The first kappa shape index (κ1) is 15.2. The van der Waals surface area contributed by atoms with Crippen molar-refractivity contribution >= 4 is 23.6 Å². The van der Waals surface area contributed by atoms with Crippen molar-refractivity contribution in [3.8, 4) is 5.75 Å². The molecule has 7 heteroatoms. The van der Waals surface area contributed by atoms with Gasteiger partial charge < -0.3 is 4.74 Å². The van der Waals surface area contributed by atoms with Gasteiger partial charge in [-0.2, -0.15) is 0 Å². The van der Waals surface area contributed by atoms with Crippen molar-refractivity contribution < 1.29 is 23.9 Å². The summed E-state index contributed by atoms with van der Waals surface area (Å²) in [4.78, 5) is 49.4. The Labute approximate surface area is 132 Å². The topological polar surface area (TPSA) is 92.8 Å². The molecule has 4 amide bonds. The molecule has 0 aliphatic carbocycles. The summed E-state index contributed by atoms with van der Waals surface area (Å²) >= 11 is 0. The van der Waals surface area contributed by atoms with Gasteiger partial charge in [0.1, 0.15) is 11.8 Å². The summed E-state index contributed by atoms with van der Waals surface area (Å²) in [5.74, 6) is -1.79. The molecule has 0 radical (unpaired) electrons. The van der Waals surface area contributed by atoms with Gasteiger partial charge in [-0.15, -0.1) is 0 Å². The van der Waals surface area contributed by atoms with Gasteiger partial charge in [-0.1, -0.05) is 6.07 Å². The van der Waals surface area contributed by atoms with Crippen molar-refractivity contribution in [3.63, 3.8) is 0 Å². The highest BCUT2D eigenvalue weighted by Crippen LogP contribution is 2.33. The quantitative estimate of drug-likeness (QED) is 0.836. The van der Waals surface area contributed by atoms with Crippen molar-refractivity contribution in [2.24, 2.45) is 0 Å². The van der Waals surface area contributed by atoms with Gasteiger partial charge in [-0.05, 0) is 32.4 Å². The third-order valence-corrected chi connectivity index (χ3v) is 3.79. The van der Waals surface area contributed by atoms with Crippen LogP contribution in [0.3, 0.4) is 0 Å². The lowest BCUT2D eigenvalue weighted by Crippen LogP contribution is -2.54. The molecule has 7 nitrogen and oxygen atoms in total. The summed E-state index contributed by atoms with van der Waals surface area (Å²) in [6.07, 6.45) is 0.0735. The fourth-order valence-corrected chi connectivity index (χ4v) is 2.84. The maximum atomic E-state index is 12.7. The van der Waals surface area contributed by atoms with Crippen LogP contribution in [0.5, 0.6) is 5.75 Å². The molecule has 120 valence electrons. The molecule has 0 bridgehead atoms. The minimum Gasteiger partial charge on any atom is -0.490 e. The monoisotopic (exact) mass is 316 g/mol. The van der Waals surface area contributed by atoms with Crippen LogP contribution in [0.25, 0.3) is 0 Å². The number of rotatable bonds is 3. The molecule has 1 saturated heterocycles. The summed E-state index contributed by atoms with van der Waals surface area (Å²) in [5.41, 5.74) is 0.397. The lowest BCUT2D eigenvalue weighted by atomic mass is 10.0. The smallest absolute Gasteiger partial charge is 0.266 e. The van der Waals surface area contributed by atoms with Crippen LogP contribution in [0.1, 0.15) is 47.4 Å². The molecule has 0 saturated carbocycles. The van der Waals surface area contributed by atoms with E-state index in [2.05, 4.69) is 5.32 Å². The maximum Gasteiger partial charge on any atom is 0.266 e. The van der Waals surface area contributed by atoms with Crippen molar-refractivity contribution in [2.75, 3.05) is 0 Å². The first-order chi connectivity index (χ1) is 10.9. The van der Waals surface area contributed by atoms with Gasteiger partial charge in [0, 0.05) is 6.42 Å². The van der Waals surface area contributed by atoms with Gasteiger partial charge in [-0.25, -0.2) is 0 Å². The highest BCUT2D eigenvalue weighted by Gasteiger charge is 2.45. The zero-order valence-electron chi connectivity index (χ0n) is 12.8. The molecule has 1 N–H and O–H groups in total. The van der Waals surface area contributed by atoms with Gasteiger partial charge in [0.15, 0.2) is 0 Å². The number of ether oxygens (including phenoxy) is 1. The molecule has 1 fully saturated rings. The molecule has 0 spiro atoms. The van der Waals surface area contributed by atoms with Crippen LogP contribution in [0.15, 0.2) is 18.2 Å². The summed E-state index contributed by atoms with van der Waals surface area (Å²) in [7, 11) is 0. The lowest BCUT2D eigenvalue weighted by Gasteiger charge is -2.27. The zero-order chi connectivity index (χ0) is 16.7. The average Bonchev–Trinajstić information content (AvgIpc) is 2.72. The lowest BCUT2D eigenvalue weighted by molar-refractivity contribution is -0.136. The third kappa shape index (κ3) is 2.48. The molecule has 3 rings (SSSR count). The predicted octanol–water partition coefficient (Wildman–Crippen LogP) is 0.875. The number of hydrogen-bond donors (Lipinski definition) is 1. The number of carbonyl (C=O) groups is 4. The van der Waals surface area contributed by atoms with Gasteiger partial charge in [0.2, 0.25) is 11.8 Å². The standard InChI is InChI=1S/C16H16N2O5/c1-8(2)23-11-5-3-4-9-13(11)16(22)18(15(9)21)10-6-7-12(19)17-14(10)20/h3-5,8,10H,6-7H2,1-2H3,(H,17,19,20)/t10-/m1/s1. The largest absolute Gasteiger partial charge is 0.490 e. The van der Waals surface area contributed by atoms with Crippen LogP contribution in [0, 0.1) is 0 Å². The Morgan fingerprint density at radius 1 is 1.17 bits per heavy atom. The molecule has 0 unspecified atom stereocenters. The molecular formula is C16H16N2O5.